The van der Waals surface area contributed by atoms with E-state index in [1.54, 1.807) is 0 Å². The van der Waals surface area contributed by atoms with Crippen molar-refractivity contribution in [3.05, 3.63) is 40.0 Å². The Bertz CT molecular complexity index is 1290. The molecule has 0 aliphatic carbocycles. The zero-order chi connectivity index (χ0) is 25.1. The molecule has 2 fully saturated rings. The van der Waals surface area contributed by atoms with Crippen molar-refractivity contribution in [3.63, 3.8) is 0 Å². The number of halogens is 1. The summed E-state index contributed by atoms with van der Waals surface area (Å²) in [5.74, 6) is -2.00. The lowest BCUT2D eigenvalue weighted by molar-refractivity contribution is -0.117. The van der Waals surface area contributed by atoms with Gasteiger partial charge in [-0.2, -0.15) is 13.5 Å². The summed E-state index contributed by atoms with van der Waals surface area (Å²) >= 11 is 0. The lowest BCUT2D eigenvalue weighted by atomic mass is 9.94. The average molecular weight is 507 g/mol. The van der Waals surface area contributed by atoms with Gasteiger partial charge in [-0.05, 0) is 57.8 Å². The van der Waals surface area contributed by atoms with Gasteiger partial charge in [0, 0.05) is 49.5 Å². The molecule has 1 amide bonds. The maximum Gasteiger partial charge on any atom is 0.326 e. The Morgan fingerprint density at radius 3 is 2.51 bits per heavy atom. The molecule has 3 aliphatic rings. The van der Waals surface area contributed by atoms with Crippen LogP contribution in [-0.4, -0.2) is 71.2 Å². The second-order valence-electron chi connectivity index (χ2n) is 9.73. The van der Waals surface area contributed by atoms with Crippen molar-refractivity contribution in [2.75, 3.05) is 30.5 Å². The van der Waals surface area contributed by atoms with Gasteiger partial charge >= 0.3 is 10.2 Å². The van der Waals surface area contributed by atoms with Gasteiger partial charge in [-0.1, -0.05) is 0 Å². The van der Waals surface area contributed by atoms with E-state index in [1.807, 2.05) is 23.4 Å². The highest BCUT2D eigenvalue weighted by atomic mass is 32.2. The van der Waals surface area contributed by atoms with Crippen molar-refractivity contribution >= 4 is 21.8 Å². The van der Waals surface area contributed by atoms with Gasteiger partial charge in [-0.3, -0.25) is 19.3 Å². The molecule has 190 valence electrons. The van der Waals surface area contributed by atoms with E-state index in [0.29, 0.717) is 34.4 Å². The molecule has 35 heavy (non-hydrogen) atoms. The second-order valence-corrected chi connectivity index (χ2v) is 11.3. The molecule has 5 rings (SSSR count). The summed E-state index contributed by atoms with van der Waals surface area (Å²) < 4.78 is 44.5. The Morgan fingerprint density at radius 1 is 1.20 bits per heavy atom. The van der Waals surface area contributed by atoms with Crippen molar-refractivity contribution in [1.82, 2.24) is 24.3 Å². The van der Waals surface area contributed by atoms with Crippen LogP contribution in [0.25, 0.3) is 0 Å². The van der Waals surface area contributed by atoms with Crippen LogP contribution < -0.4 is 9.03 Å². The molecule has 0 bridgehead atoms. The largest absolute Gasteiger partial charge is 0.506 e. The third-order valence-corrected chi connectivity index (χ3v) is 9.00. The van der Waals surface area contributed by atoms with Gasteiger partial charge in [0.2, 0.25) is 0 Å². The van der Waals surface area contributed by atoms with Crippen LogP contribution in [0.5, 0.6) is 5.75 Å². The summed E-state index contributed by atoms with van der Waals surface area (Å²) in [5, 5.41) is 14.9. The lowest BCUT2D eigenvalue weighted by Gasteiger charge is -2.41. The number of rotatable bonds is 4. The topological polar surface area (TPSA) is 111 Å². The number of likely N-dealkylation sites (tertiary alicyclic amines) is 1. The lowest BCUT2D eigenvalue weighted by Crippen LogP contribution is -2.46. The minimum atomic E-state index is -4.22. The fraction of sp³-hybridized carbons (Fsp3) is 0.565. The number of carbonyl (C=O) groups is 1. The predicted octanol–water partition coefficient (Wildman–Crippen LogP) is 1.09. The highest BCUT2D eigenvalue weighted by Gasteiger charge is 2.39. The first kappa shape index (κ1) is 24.0. The number of nitrogens with zero attached hydrogens (tertiary/aromatic N) is 5. The van der Waals surface area contributed by atoms with E-state index in [1.165, 1.54) is 17.3 Å². The number of phenols is 1. The number of aromatic nitrogens is 2. The van der Waals surface area contributed by atoms with E-state index in [2.05, 4.69) is 21.8 Å². The van der Waals surface area contributed by atoms with Crippen LogP contribution in [0.2, 0.25) is 0 Å². The smallest absolute Gasteiger partial charge is 0.326 e. The Labute approximate surface area is 204 Å². The summed E-state index contributed by atoms with van der Waals surface area (Å²) in [4.78, 5) is 16.3. The van der Waals surface area contributed by atoms with E-state index in [0.717, 1.165) is 44.7 Å². The number of anilines is 1. The van der Waals surface area contributed by atoms with Crippen LogP contribution in [0, 0.1) is 19.7 Å². The molecule has 0 spiro atoms. The first-order chi connectivity index (χ1) is 16.5. The number of benzene rings is 1. The highest BCUT2D eigenvalue weighted by Crippen LogP contribution is 2.39. The molecule has 0 radical (unpaired) electrons. The van der Waals surface area contributed by atoms with Crippen molar-refractivity contribution < 1.29 is 22.7 Å². The third kappa shape index (κ3) is 4.27. The average Bonchev–Trinajstić information content (AvgIpc) is 3.21. The Kier molecular flexibility index (Phi) is 6.01. The maximum atomic E-state index is 15.6. The molecule has 0 saturated carbocycles. The quantitative estimate of drug-likeness (QED) is 0.639. The normalized spacial score (nSPS) is 21.4. The van der Waals surface area contributed by atoms with Crippen molar-refractivity contribution in [2.24, 2.45) is 7.05 Å². The Morgan fingerprint density at radius 2 is 1.91 bits per heavy atom. The van der Waals surface area contributed by atoms with Gasteiger partial charge < -0.3 is 5.11 Å². The van der Waals surface area contributed by atoms with E-state index < -0.39 is 39.9 Å². The first-order valence-electron chi connectivity index (χ1n) is 11.9. The molecule has 0 atom stereocenters. The number of aryl methyl sites for hydroxylation is 2. The fourth-order valence-electron chi connectivity index (χ4n) is 5.56. The van der Waals surface area contributed by atoms with Gasteiger partial charge in [0.15, 0.2) is 5.82 Å². The van der Waals surface area contributed by atoms with E-state index in [9.17, 15) is 18.3 Å². The van der Waals surface area contributed by atoms with Crippen molar-refractivity contribution in [3.8, 4) is 5.75 Å². The van der Waals surface area contributed by atoms with Gasteiger partial charge in [-0.15, -0.1) is 0 Å². The molecular formula is C23H31FN6O4S. The highest BCUT2D eigenvalue weighted by molar-refractivity contribution is 7.92. The van der Waals surface area contributed by atoms with Crippen LogP contribution in [0.1, 0.15) is 40.9 Å². The van der Waals surface area contributed by atoms with Crippen LogP contribution in [0.15, 0.2) is 6.07 Å². The summed E-state index contributed by atoms with van der Waals surface area (Å²) in [6.07, 6.45) is 2.48. The number of hydrogen-bond acceptors (Lipinski definition) is 7. The zero-order valence-corrected chi connectivity index (χ0v) is 21.0. The number of phenolic OH excluding ortho intramolecular Hbond substituents is 1. The number of carbonyl (C=O) groups excluding carboxylic acids is 1. The minimum absolute atomic E-state index is 0.297. The molecule has 1 aromatic heterocycles. The number of nitrogens with one attached hydrogen (secondary N) is 1. The number of hydrogen-bond donors (Lipinski definition) is 2. The van der Waals surface area contributed by atoms with Gasteiger partial charge in [-0.25, -0.2) is 13.4 Å². The van der Waals surface area contributed by atoms with Gasteiger partial charge in [0.25, 0.3) is 5.91 Å². The molecule has 10 nitrogen and oxygen atoms in total. The number of piperidine rings is 1. The van der Waals surface area contributed by atoms with E-state index in [4.69, 9.17) is 0 Å². The first-order valence-corrected chi connectivity index (χ1v) is 13.3. The number of aromatic hydroxyl groups is 1. The molecule has 4 heterocycles. The zero-order valence-electron chi connectivity index (χ0n) is 20.2. The molecule has 12 heteroatoms. The van der Waals surface area contributed by atoms with E-state index in [-0.39, 0.29) is 0 Å². The number of fused-ring (bicyclic) bond motifs is 1. The summed E-state index contributed by atoms with van der Waals surface area (Å²) in [5.41, 5.74) is 4.13. The third-order valence-electron chi connectivity index (χ3n) is 7.63. The van der Waals surface area contributed by atoms with E-state index >= 15 is 4.39 Å². The summed E-state index contributed by atoms with van der Waals surface area (Å²) in [6, 6.07) is 1.73. The fourth-order valence-corrected chi connectivity index (χ4v) is 6.73. The molecule has 2 aromatic rings. The maximum absolute atomic E-state index is 15.6. The Balaban J connectivity index is 1.30. The molecule has 3 aliphatic heterocycles. The van der Waals surface area contributed by atoms with Crippen molar-refractivity contribution in [2.45, 2.75) is 52.2 Å². The molecular weight excluding hydrogens is 475 g/mol. The number of amides is 1. The molecule has 2 N–H and O–H groups in total. The monoisotopic (exact) mass is 506 g/mol. The molecule has 2 saturated heterocycles. The van der Waals surface area contributed by atoms with Crippen LogP contribution in [0.3, 0.4) is 0 Å². The predicted molar refractivity (Wildman–Crippen MR) is 128 cm³/mol. The van der Waals surface area contributed by atoms with Crippen LogP contribution in [-0.2, 0) is 41.6 Å². The van der Waals surface area contributed by atoms with Gasteiger partial charge in [0.05, 0.1) is 5.69 Å². The van der Waals surface area contributed by atoms with Crippen molar-refractivity contribution in [1.29, 1.82) is 0 Å². The minimum Gasteiger partial charge on any atom is -0.506 e. The summed E-state index contributed by atoms with van der Waals surface area (Å²) in [7, 11) is -2.26. The Hall–Kier alpha value is -2.70. The standard InChI is InChI=1S/C23H31FN6O4S/c1-14-18(15(2)27(3)25-14)11-28-7-5-17(6-8-28)29-9-4-16-10-20(31)23(22(24)19(16)12-29)30-13-21(32)26-35(30,33)34/h10,17,31H,4-9,11-13H2,1-3H3,(H,26,32). The SMILES string of the molecule is Cc1nn(C)c(C)c1CN1CCC(N2CCc3cc(O)c(N4CC(=O)NS4(=O)=O)c(F)c3C2)CC1. The second kappa shape index (κ2) is 8.75. The van der Waals surface area contributed by atoms with Crippen LogP contribution in [0.4, 0.5) is 10.1 Å². The van der Waals surface area contributed by atoms with Gasteiger partial charge in [0.1, 0.15) is 18.0 Å². The summed E-state index contributed by atoms with van der Waals surface area (Å²) in [6.45, 7) is 7.41. The van der Waals surface area contributed by atoms with Crippen LogP contribution >= 0.6 is 0 Å². The molecule has 0 unspecified atom stereocenters. The molecule has 1 aromatic carbocycles.